The number of aliphatic imine (C=N–C) groups is 2. The SMILES string of the molecule is C[C@H](N)C(=O)N[C@@H](CCCN=C(N)N)C(=O)N[C@@H](Cc1ccccc1)C(=O)NCC(=O)N[C@@H](CCC(N)=O)C(=O)N[C@@H](CCCN=C(N)N)C(=O)N[C@@H](Cc1ccc(O)cc1)C(=O)N[C@@H](C)C(=O)O. The molecule has 0 aliphatic carbocycles. The van der Waals surface area contributed by atoms with Crippen molar-refractivity contribution in [2.45, 2.75) is 108 Å². The lowest BCUT2D eigenvalue weighted by molar-refractivity contribution is -0.141. The van der Waals surface area contributed by atoms with E-state index in [1.807, 2.05) is 0 Å². The van der Waals surface area contributed by atoms with Gasteiger partial charge in [0.25, 0.3) is 0 Å². The molecule has 0 bridgehead atoms. The number of primary amides is 1. The third-order valence-corrected chi connectivity index (χ3v) is 9.98. The fourth-order valence-electron chi connectivity index (χ4n) is 6.27. The molecule has 8 amide bonds. The van der Waals surface area contributed by atoms with Crippen LogP contribution in [0.25, 0.3) is 0 Å². The number of carboxylic acids is 1. The highest BCUT2D eigenvalue weighted by molar-refractivity contribution is 5.97. The van der Waals surface area contributed by atoms with Crippen LogP contribution in [-0.2, 0) is 56.0 Å². The summed E-state index contributed by atoms with van der Waals surface area (Å²) in [7, 11) is 0. The van der Waals surface area contributed by atoms with Crippen molar-refractivity contribution in [1.29, 1.82) is 0 Å². The number of benzene rings is 2. The molecule has 69 heavy (non-hydrogen) atoms. The Labute approximate surface area is 398 Å². The molecule has 26 nitrogen and oxygen atoms in total. The first-order valence-electron chi connectivity index (χ1n) is 21.8. The summed E-state index contributed by atoms with van der Waals surface area (Å²) in [5.41, 5.74) is 33.9. The third-order valence-electron chi connectivity index (χ3n) is 9.98. The van der Waals surface area contributed by atoms with E-state index in [0.29, 0.717) is 11.1 Å². The fourth-order valence-corrected chi connectivity index (χ4v) is 6.27. The maximum absolute atomic E-state index is 13.9. The topological polar surface area (TPSA) is 459 Å². The first kappa shape index (κ1) is 57.1. The smallest absolute Gasteiger partial charge is 0.325 e. The van der Waals surface area contributed by atoms with Gasteiger partial charge in [-0.2, -0.15) is 0 Å². The van der Waals surface area contributed by atoms with Crippen LogP contribution in [0.4, 0.5) is 0 Å². The highest BCUT2D eigenvalue weighted by Crippen LogP contribution is 2.13. The molecule has 7 atom stereocenters. The first-order chi connectivity index (χ1) is 32.6. The van der Waals surface area contributed by atoms with E-state index in [2.05, 4.69) is 47.2 Å². The Balaban J connectivity index is 2.35. The summed E-state index contributed by atoms with van der Waals surface area (Å²) in [6, 6.07) is 5.02. The van der Waals surface area contributed by atoms with Gasteiger partial charge in [0.2, 0.25) is 47.3 Å². The maximum atomic E-state index is 13.9. The molecule has 2 rings (SSSR count). The number of carboxylic acid groups (broad SMARTS) is 1. The molecule has 26 heteroatoms. The van der Waals surface area contributed by atoms with Crippen LogP contribution in [0, 0.1) is 0 Å². The number of guanidine groups is 2. The number of aliphatic carboxylic acids is 1. The number of nitrogens with two attached hydrogens (primary N) is 6. The monoisotopic (exact) mass is 967 g/mol. The van der Waals surface area contributed by atoms with Gasteiger partial charge in [-0.25, -0.2) is 0 Å². The lowest BCUT2D eigenvalue weighted by atomic mass is 10.0. The number of aromatic hydroxyl groups is 1. The number of amides is 8. The fraction of sp³-hybridized carbons (Fsp3) is 0.465. The van der Waals surface area contributed by atoms with E-state index in [0.717, 1.165) is 0 Å². The zero-order valence-electron chi connectivity index (χ0n) is 38.4. The van der Waals surface area contributed by atoms with Crippen LogP contribution in [0.1, 0.15) is 63.5 Å². The number of hydrogen-bond acceptors (Lipinski definition) is 13. The minimum atomic E-state index is -1.53. The van der Waals surface area contributed by atoms with Gasteiger partial charge in [-0.05, 0) is 69.2 Å². The van der Waals surface area contributed by atoms with Crippen molar-refractivity contribution in [2.75, 3.05) is 19.6 Å². The van der Waals surface area contributed by atoms with Crippen LogP contribution in [0.5, 0.6) is 5.75 Å². The van der Waals surface area contributed by atoms with Crippen molar-refractivity contribution in [3.05, 3.63) is 65.7 Å². The molecular formula is C43H65N15O11. The Morgan fingerprint density at radius 2 is 0.986 bits per heavy atom. The van der Waals surface area contributed by atoms with Crippen LogP contribution in [0.3, 0.4) is 0 Å². The third kappa shape index (κ3) is 22.8. The van der Waals surface area contributed by atoms with Gasteiger partial charge in [-0.15, -0.1) is 0 Å². The molecule has 2 aromatic carbocycles. The van der Waals surface area contributed by atoms with Gasteiger partial charge >= 0.3 is 5.97 Å². The van der Waals surface area contributed by atoms with Crippen LogP contribution in [0.15, 0.2) is 64.6 Å². The number of nitrogens with one attached hydrogen (secondary N) is 7. The molecule has 0 unspecified atom stereocenters. The molecule has 378 valence electrons. The van der Waals surface area contributed by atoms with E-state index in [1.54, 1.807) is 30.3 Å². The molecule has 0 radical (unpaired) electrons. The molecular weight excluding hydrogens is 903 g/mol. The van der Waals surface area contributed by atoms with Crippen LogP contribution < -0.4 is 71.6 Å². The summed E-state index contributed by atoms with van der Waals surface area (Å²) in [5, 5.41) is 36.5. The predicted octanol–water partition coefficient (Wildman–Crippen LogP) is -4.97. The number of carbonyl (C=O) groups excluding carboxylic acids is 8. The van der Waals surface area contributed by atoms with E-state index in [9.17, 15) is 53.4 Å². The molecule has 21 N–H and O–H groups in total. The molecule has 2 aromatic rings. The van der Waals surface area contributed by atoms with E-state index in [1.165, 1.54) is 38.1 Å². The Kier molecular flexibility index (Phi) is 24.5. The Bertz CT molecular complexity index is 2130. The number of carbonyl (C=O) groups is 9. The van der Waals surface area contributed by atoms with E-state index < -0.39 is 108 Å². The normalized spacial score (nSPS) is 13.7. The standard InChI is InChI=1S/C43H65N15O11/c1-23(44)35(62)55-28(10-6-18-50-42(46)47)37(64)57-31(20-25-8-4-3-5-9-25)36(63)52-22-34(61)54-30(16-17-33(45)60)39(66)56-29(11-7-19-51-43(48)49)38(65)58-32(40(67)53-24(2)41(68)69)21-26-12-14-27(59)15-13-26/h3-5,8-9,12-15,23-24,28-32,59H,6-7,10-11,16-22,44H2,1-2H3,(H2,45,60)(H,52,63)(H,53,67)(H,54,61)(H,55,62)(H,56,66)(H,57,64)(H,58,65)(H,68,69)(H4,46,47,50)(H4,48,49,51)/t23-,24-,28-,29-,30-,31-,32-/m0/s1. The second-order valence-electron chi connectivity index (χ2n) is 15.9. The number of rotatable bonds is 30. The van der Waals surface area contributed by atoms with Crippen molar-refractivity contribution in [1.82, 2.24) is 37.2 Å². The highest BCUT2D eigenvalue weighted by atomic mass is 16.4. The first-order valence-corrected chi connectivity index (χ1v) is 21.8. The van der Waals surface area contributed by atoms with Gasteiger partial charge in [0.15, 0.2) is 11.9 Å². The highest BCUT2D eigenvalue weighted by Gasteiger charge is 2.32. The van der Waals surface area contributed by atoms with Gasteiger partial charge in [-0.1, -0.05) is 42.5 Å². The maximum Gasteiger partial charge on any atom is 0.325 e. The van der Waals surface area contributed by atoms with Crippen LogP contribution >= 0.6 is 0 Å². The largest absolute Gasteiger partial charge is 0.508 e. The summed E-state index contributed by atoms with van der Waals surface area (Å²) in [6.07, 6.45) is -0.752. The number of phenolic OH excluding ortho intramolecular Hbond substituents is 1. The van der Waals surface area contributed by atoms with Gasteiger partial charge in [0, 0.05) is 32.4 Å². The average molecular weight is 968 g/mol. The molecule has 0 spiro atoms. The quantitative estimate of drug-likeness (QED) is 0.0198. The molecule has 0 aromatic heterocycles. The second-order valence-corrected chi connectivity index (χ2v) is 15.9. The summed E-state index contributed by atoms with van der Waals surface area (Å²) in [5.74, 6) is -8.65. The minimum absolute atomic E-state index is 0.00438. The zero-order valence-corrected chi connectivity index (χ0v) is 38.4. The molecule has 0 saturated heterocycles. The van der Waals surface area contributed by atoms with Gasteiger partial charge in [-0.3, -0.25) is 53.1 Å². The van der Waals surface area contributed by atoms with E-state index in [4.69, 9.17) is 34.4 Å². The molecule has 0 saturated carbocycles. The molecule has 0 fully saturated rings. The number of hydrogen-bond donors (Lipinski definition) is 15. The molecule has 0 aliphatic rings. The van der Waals surface area contributed by atoms with Gasteiger partial charge in [0.05, 0.1) is 12.6 Å². The summed E-state index contributed by atoms with van der Waals surface area (Å²) < 4.78 is 0. The minimum Gasteiger partial charge on any atom is -0.508 e. The summed E-state index contributed by atoms with van der Waals surface area (Å²) in [4.78, 5) is 126. The van der Waals surface area contributed by atoms with Crippen LogP contribution in [-0.4, -0.2) is 137 Å². The lowest BCUT2D eigenvalue weighted by Gasteiger charge is -2.26. The zero-order chi connectivity index (χ0) is 51.6. The van der Waals surface area contributed by atoms with E-state index in [-0.39, 0.29) is 75.7 Å². The number of nitrogens with zero attached hydrogens (tertiary/aromatic N) is 2. The Hall–Kier alpha value is -8.03. The molecule has 0 aliphatic heterocycles. The van der Waals surface area contributed by atoms with E-state index >= 15 is 0 Å². The number of phenols is 1. The lowest BCUT2D eigenvalue weighted by Crippen LogP contribution is -2.58. The summed E-state index contributed by atoms with van der Waals surface area (Å²) >= 11 is 0. The van der Waals surface area contributed by atoms with Gasteiger partial charge < -0.3 is 81.8 Å². The van der Waals surface area contributed by atoms with Crippen molar-refractivity contribution >= 4 is 65.1 Å². The predicted molar refractivity (Wildman–Crippen MR) is 252 cm³/mol. The van der Waals surface area contributed by atoms with Crippen molar-refractivity contribution in [3.8, 4) is 5.75 Å². The van der Waals surface area contributed by atoms with Gasteiger partial charge in [0.1, 0.15) is 42.0 Å². The van der Waals surface area contributed by atoms with Crippen molar-refractivity contribution < 1.29 is 53.4 Å². The van der Waals surface area contributed by atoms with Crippen LogP contribution in [0.2, 0.25) is 0 Å². The average Bonchev–Trinajstić information content (AvgIpc) is 3.28. The summed E-state index contributed by atoms with van der Waals surface area (Å²) in [6.45, 7) is 2.01. The van der Waals surface area contributed by atoms with Crippen molar-refractivity contribution in [3.63, 3.8) is 0 Å². The Morgan fingerprint density at radius 3 is 1.45 bits per heavy atom. The van der Waals surface area contributed by atoms with Crippen molar-refractivity contribution in [2.24, 2.45) is 44.4 Å². The second kappa shape index (κ2) is 29.6. The Morgan fingerprint density at radius 1 is 0.551 bits per heavy atom. The molecule has 0 heterocycles.